The van der Waals surface area contributed by atoms with E-state index in [1.54, 1.807) is 6.92 Å². The summed E-state index contributed by atoms with van der Waals surface area (Å²) in [7, 11) is 0. The van der Waals surface area contributed by atoms with Gasteiger partial charge in [0.25, 0.3) is 0 Å². The number of carboxylic acid groups (broad SMARTS) is 1. The Morgan fingerprint density at radius 2 is 1.19 bits per heavy atom. The molecule has 0 amide bonds. The van der Waals surface area contributed by atoms with Gasteiger partial charge >= 0.3 is 11.9 Å². The molecule has 0 fully saturated rings. The van der Waals surface area contributed by atoms with E-state index in [0.717, 1.165) is 19.3 Å². The van der Waals surface area contributed by atoms with Gasteiger partial charge in [-0.25, -0.2) is 4.79 Å². The predicted octanol–water partition coefficient (Wildman–Crippen LogP) is 6.52. The summed E-state index contributed by atoms with van der Waals surface area (Å²) in [6, 6.07) is 0. The van der Waals surface area contributed by atoms with Gasteiger partial charge in [0, 0.05) is 54.6 Å². The van der Waals surface area contributed by atoms with Crippen LogP contribution >= 0.6 is 0 Å². The summed E-state index contributed by atoms with van der Waals surface area (Å²) >= 11 is 0. The van der Waals surface area contributed by atoms with Crippen LogP contribution in [0.25, 0.3) is 0 Å². The van der Waals surface area contributed by atoms with Gasteiger partial charge in [-0.2, -0.15) is 5.26 Å². The Balaban J connectivity index is -0.000000844. The van der Waals surface area contributed by atoms with Crippen molar-refractivity contribution in [2.75, 3.05) is 0 Å². The maximum Gasteiger partial charge on any atom is 0.342 e. The summed E-state index contributed by atoms with van der Waals surface area (Å²) < 4.78 is 0. The molecule has 5 nitrogen and oxygen atoms in total. The van der Waals surface area contributed by atoms with Gasteiger partial charge in [0.15, 0.2) is 0 Å². The first-order valence-electron chi connectivity index (χ1n) is 10.3. The topological polar surface area (TPSA) is 83.8 Å². The number of hydrogen-bond acceptors (Lipinski definition) is 4. The molecule has 158 valence electrons. The van der Waals surface area contributed by atoms with Crippen molar-refractivity contribution in [2.45, 2.75) is 110 Å². The van der Waals surface area contributed by atoms with Crippen LogP contribution in [0.2, 0.25) is 0 Å². The minimum absolute atomic E-state index is 0. The molecule has 0 aliphatic heterocycles. The number of aliphatic carboxylic acids is 1. The molecule has 0 saturated heterocycles. The zero-order valence-corrected chi connectivity index (χ0v) is 20.5. The minimum atomic E-state index is -0.745. The van der Waals surface area contributed by atoms with Crippen molar-refractivity contribution in [3.05, 3.63) is 12.2 Å². The fraction of sp³-hybridized carbons (Fsp3) is 0.810. The van der Waals surface area contributed by atoms with Crippen molar-refractivity contribution >= 4 is 11.9 Å². The van der Waals surface area contributed by atoms with Crippen LogP contribution in [0.5, 0.6) is 0 Å². The Morgan fingerprint density at radius 1 is 0.778 bits per heavy atom. The van der Waals surface area contributed by atoms with E-state index in [4.69, 9.17) is 10.4 Å². The van der Waals surface area contributed by atoms with Crippen LogP contribution < -0.4 is 0 Å². The van der Waals surface area contributed by atoms with E-state index in [2.05, 4.69) is 24.0 Å². The zero-order chi connectivity index (χ0) is 19.9. The van der Waals surface area contributed by atoms with E-state index in [-0.39, 0.29) is 48.2 Å². The van der Waals surface area contributed by atoms with Crippen molar-refractivity contribution in [1.29, 1.82) is 0 Å². The molecule has 0 heterocycles. The Bertz CT molecular complexity index is 345. The molecule has 0 bridgehead atoms. The molecule has 0 aliphatic carbocycles. The maximum absolute atomic E-state index is 10.7. The Kier molecular flexibility index (Phi) is 33.1. The molecule has 0 aromatic carbocycles. The zero-order valence-electron chi connectivity index (χ0n) is 17.4. The van der Waals surface area contributed by atoms with Crippen LogP contribution in [0.3, 0.4) is 0 Å². The largest absolute Gasteiger partial charge is 0.481 e. The third-order valence-corrected chi connectivity index (χ3v) is 4.05. The van der Waals surface area contributed by atoms with Gasteiger partial charge < -0.3 is 9.99 Å². The van der Waals surface area contributed by atoms with E-state index < -0.39 is 11.9 Å². The van der Waals surface area contributed by atoms with Gasteiger partial charge in [-0.3, -0.25) is 4.79 Å². The number of rotatable bonds is 16. The Labute approximate surface area is 199 Å². The first-order valence-corrected chi connectivity index (χ1v) is 10.3. The van der Waals surface area contributed by atoms with Crippen molar-refractivity contribution < 1.29 is 66.6 Å². The summed E-state index contributed by atoms with van der Waals surface area (Å²) in [5.74, 6) is -1.27. The fourth-order valence-electron chi connectivity index (χ4n) is 2.39. The summed E-state index contributed by atoms with van der Waals surface area (Å²) in [5.41, 5.74) is 0. The van der Waals surface area contributed by atoms with Crippen LogP contribution in [0, 0.1) is 41.7 Å². The quantitative estimate of drug-likeness (QED) is 0.106. The van der Waals surface area contributed by atoms with Gasteiger partial charge in [0.05, 0.1) is 0 Å². The summed E-state index contributed by atoms with van der Waals surface area (Å²) in [4.78, 5) is 23.7. The van der Waals surface area contributed by atoms with Crippen LogP contribution in [0.1, 0.15) is 110 Å². The van der Waals surface area contributed by atoms with Crippen molar-refractivity contribution in [1.82, 2.24) is 0 Å². The summed E-state index contributed by atoms with van der Waals surface area (Å²) in [6.07, 6.45) is 21.3. The molecule has 0 radical (unpaired) electrons. The molecule has 0 unspecified atom stereocenters. The molecule has 0 aromatic rings. The molecule has 6 heteroatoms. The second-order valence-electron chi connectivity index (χ2n) is 6.54. The van der Waals surface area contributed by atoms with E-state index in [1.165, 1.54) is 64.2 Å². The third kappa shape index (κ3) is 34.0. The van der Waals surface area contributed by atoms with Crippen molar-refractivity contribution in [2.24, 2.45) is 0 Å². The first kappa shape index (κ1) is 31.7. The second kappa shape index (κ2) is 28.2. The maximum atomic E-state index is 10.7. The number of allylic oxidation sites excluding steroid dienone is 2. The molecule has 0 aliphatic rings. The molecule has 0 atom stereocenters. The molecule has 27 heavy (non-hydrogen) atoms. The number of hydrogen-bond donors (Lipinski definition) is 2. The van der Waals surface area contributed by atoms with Gasteiger partial charge in [-0.1, -0.05) is 77.4 Å². The summed E-state index contributed by atoms with van der Waals surface area (Å²) in [5, 5.41) is 15.8. The molecule has 0 saturated carbocycles. The fourth-order valence-corrected chi connectivity index (χ4v) is 2.39. The second-order valence-corrected chi connectivity index (χ2v) is 6.54. The minimum Gasteiger partial charge on any atom is -0.481 e. The van der Waals surface area contributed by atoms with Gasteiger partial charge in [0.2, 0.25) is 0 Å². The molecule has 0 aromatic heterocycles. The van der Waals surface area contributed by atoms with E-state index >= 15 is 0 Å². The number of unbranched alkanes of at least 4 members (excludes halogenated alkanes) is 11. The van der Waals surface area contributed by atoms with Crippen molar-refractivity contribution in [3.63, 3.8) is 0 Å². The first-order chi connectivity index (χ1) is 12.6. The van der Waals surface area contributed by atoms with Crippen LogP contribution in [-0.2, 0) is 14.5 Å². The van der Waals surface area contributed by atoms with E-state index in [9.17, 15) is 9.59 Å². The van der Waals surface area contributed by atoms with Gasteiger partial charge in [0.1, 0.15) is 0 Å². The number of carbonyl (C=O) groups excluding carboxylic acids is 1. The van der Waals surface area contributed by atoms with Crippen molar-refractivity contribution in [3.8, 4) is 0 Å². The Morgan fingerprint density at radius 3 is 1.59 bits per heavy atom. The predicted molar refractivity (Wildman–Crippen MR) is 106 cm³/mol. The van der Waals surface area contributed by atoms with Gasteiger partial charge in [-0.15, -0.1) is 0 Å². The smallest absolute Gasteiger partial charge is 0.342 e. The third-order valence-electron chi connectivity index (χ3n) is 4.05. The normalized spacial score (nSPS) is 10.0. The van der Waals surface area contributed by atoms with Crippen LogP contribution in [0.15, 0.2) is 12.2 Å². The average Bonchev–Trinajstić information content (AvgIpc) is 2.65. The number of carboxylic acids is 1. The van der Waals surface area contributed by atoms with Gasteiger partial charge in [-0.05, 0) is 32.1 Å². The molecule has 0 rings (SSSR count). The molecular weight excluding hydrogens is 472 g/mol. The Hall–Kier alpha value is 0.0166. The van der Waals surface area contributed by atoms with E-state index in [1.807, 2.05) is 0 Å². The molecule has 2 N–H and O–H groups in total. The number of carbonyl (C=O) groups is 2. The monoisotopic (exact) mass is 512 g/mol. The average molecular weight is 513 g/mol. The van der Waals surface area contributed by atoms with E-state index in [0.29, 0.717) is 6.42 Å². The van der Waals surface area contributed by atoms with Crippen LogP contribution in [0.4, 0.5) is 0 Å². The van der Waals surface area contributed by atoms with Crippen LogP contribution in [-0.4, -0.2) is 22.3 Å². The molecular formula is C21H40CeO5. The molecule has 0 spiro atoms. The SMILES string of the molecule is CCC(=O)O.CCCCCCCCC=CCCCCCCCC(=O)OO.[Ce]. The standard InChI is InChI=1S/C18H34O3.C3H6O2.Ce/c1-2-3-4-5-6-7-8-9-10-11-12-13-14-15-16-17-18(19)21-20;1-2-3(4)5;/h9-10,20H,2-8,11-17H2,1H3;2H2,1H3,(H,4,5);. The summed E-state index contributed by atoms with van der Waals surface area (Å²) in [6.45, 7) is 3.86.